The minimum atomic E-state index is -0.142. The van der Waals surface area contributed by atoms with Gasteiger partial charge in [-0.3, -0.25) is 4.79 Å². The van der Waals surface area contributed by atoms with Gasteiger partial charge in [-0.2, -0.15) is 0 Å². The van der Waals surface area contributed by atoms with Crippen molar-refractivity contribution in [2.24, 2.45) is 0 Å². The Morgan fingerprint density at radius 3 is 2.86 bits per heavy atom. The maximum atomic E-state index is 12.0. The molecule has 0 atom stereocenters. The van der Waals surface area contributed by atoms with Crippen LogP contribution in [0, 0.1) is 11.8 Å². The van der Waals surface area contributed by atoms with Crippen molar-refractivity contribution >= 4 is 17.5 Å². The van der Waals surface area contributed by atoms with Crippen molar-refractivity contribution in [1.82, 2.24) is 10.2 Å². The SMILES string of the molecule is CCN(C)CCNC(=O)c1ccc(C#CCCO)c(Cl)c1. The van der Waals surface area contributed by atoms with Crippen LogP contribution >= 0.6 is 11.6 Å². The molecule has 0 fully saturated rings. The number of nitrogens with zero attached hydrogens (tertiary/aromatic N) is 1. The van der Waals surface area contributed by atoms with Crippen LogP contribution in [0.15, 0.2) is 18.2 Å². The molecule has 0 bridgehead atoms. The van der Waals surface area contributed by atoms with Crippen molar-refractivity contribution in [3.8, 4) is 11.8 Å². The first-order chi connectivity index (χ1) is 10.1. The first-order valence-electron chi connectivity index (χ1n) is 6.94. The van der Waals surface area contributed by atoms with Crippen LogP contribution in [0.3, 0.4) is 0 Å². The van der Waals surface area contributed by atoms with Crippen LogP contribution in [0.25, 0.3) is 0 Å². The molecule has 0 aromatic heterocycles. The molecule has 0 aliphatic heterocycles. The lowest BCUT2D eigenvalue weighted by atomic mass is 10.1. The Morgan fingerprint density at radius 1 is 1.48 bits per heavy atom. The van der Waals surface area contributed by atoms with Crippen molar-refractivity contribution in [3.63, 3.8) is 0 Å². The molecular formula is C16H21ClN2O2. The summed E-state index contributed by atoms with van der Waals surface area (Å²) in [4.78, 5) is 14.1. The molecule has 1 amide bonds. The van der Waals surface area contributed by atoms with Crippen molar-refractivity contribution in [2.75, 3.05) is 33.3 Å². The zero-order valence-corrected chi connectivity index (χ0v) is 13.2. The Bertz CT molecular complexity index is 535. The van der Waals surface area contributed by atoms with Gasteiger partial charge in [0.1, 0.15) is 0 Å². The van der Waals surface area contributed by atoms with Gasteiger partial charge in [0.2, 0.25) is 0 Å². The predicted molar refractivity (Wildman–Crippen MR) is 85.5 cm³/mol. The largest absolute Gasteiger partial charge is 0.395 e. The van der Waals surface area contributed by atoms with E-state index >= 15 is 0 Å². The summed E-state index contributed by atoms with van der Waals surface area (Å²) in [6.45, 7) is 4.44. The van der Waals surface area contributed by atoms with E-state index < -0.39 is 0 Å². The second-order valence-electron chi connectivity index (χ2n) is 4.62. The van der Waals surface area contributed by atoms with Gasteiger partial charge in [-0.15, -0.1) is 0 Å². The van der Waals surface area contributed by atoms with Gasteiger partial charge in [0.25, 0.3) is 5.91 Å². The first-order valence-corrected chi connectivity index (χ1v) is 7.32. The van der Waals surface area contributed by atoms with Crippen molar-refractivity contribution < 1.29 is 9.90 Å². The number of likely N-dealkylation sites (N-methyl/N-ethyl adjacent to an activating group) is 1. The molecule has 0 saturated heterocycles. The molecule has 1 rings (SSSR count). The average Bonchev–Trinajstić information content (AvgIpc) is 2.48. The van der Waals surface area contributed by atoms with Gasteiger partial charge < -0.3 is 15.3 Å². The lowest BCUT2D eigenvalue weighted by molar-refractivity contribution is 0.0950. The Labute approximate surface area is 131 Å². The molecule has 114 valence electrons. The molecule has 5 heteroatoms. The van der Waals surface area contributed by atoms with Gasteiger partial charge in [0, 0.05) is 30.6 Å². The lowest BCUT2D eigenvalue weighted by Gasteiger charge is -2.14. The highest BCUT2D eigenvalue weighted by Gasteiger charge is 2.07. The summed E-state index contributed by atoms with van der Waals surface area (Å²) in [6, 6.07) is 5.04. The molecule has 0 aliphatic carbocycles. The number of rotatable bonds is 6. The molecule has 0 spiro atoms. The molecule has 2 N–H and O–H groups in total. The molecule has 1 aromatic rings. The highest BCUT2D eigenvalue weighted by molar-refractivity contribution is 6.32. The van der Waals surface area contributed by atoms with Gasteiger partial charge >= 0.3 is 0 Å². The predicted octanol–water partition coefficient (Wildman–Crippen LogP) is 1.76. The second-order valence-corrected chi connectivity index (χ2v) is 5.03. The Kier molecular flexibility index (Phi) is 7.84. The van der Waals surface area contributed by atoms with Crippen LogP contribution in [0.2, 0.25) is 5.02 Å². The van der Waals surface area contributed by atoms with E-state index in [4.69, 9.17) is 16.7 Å². The highest BCUT2D eigenvalue weighted by atomic mass is 35.5. The second kappa shape index (κ2) is 9.41. The number of hydrogen-bond donors (Lipinski definition) is 2. The molecule has 0 radical (unpaired) electrons. The number of amides is 1. The molecule has 1 aromatic carbocycles. The number of aliphatic hydroxyl groups is 1. The third kappa shape index (κ3) is 6.17. The fraction of sp³-hybridized carbons (Fsp3) is 0.438. The Morgan fingerprint density at radius 2 is 2.24 bits per heavy atom. The fourth-order valence-electron chi connectivity index (χ4n) is 1.59. The number of hydrogen-bond acceptors (Lipinski definition) is 3. The summed E-state index contributed by atoms with van der Waals surface area (Å²) >= 11 is 6.11. The van der Waals surface area contributed by atoms with Gasteiger partial charge in [-0.25, -0.2) is 0 Å². The molecule has 0 saturated carbocycles. The third-order valence-electron chi connectivity index (χ3n) is 3.01. The number of benzene rings is 1. The topological polar surface area (TPSA) is 52.6 Å². The third-order valence-corrected chi connectivity index (χ3v) is 3.32. The van der Waals surface area contributed by atoms with Crippen LogP contribution in [0.5, 0.6) is 0 Å². The summed E-state index contributed by atoms with van der Waals surface area (Å²) in [7, 11) is 2.00. The summed E-state index contributed by atoms with van der Waals surface area (Å²) < 4.78 is 0. The quantitative estimate of drug-likeness (QED) is 0.787. The first kappa shape index (κ1) is 17.5. The van der Waals surface area contributed by atoms with E-state index in [2.05, 4.69) is 29.0 Å². The molecule has 4 nitrogen and oxygen atoms in total. The van der Waals surface area contributed by atoms with Crippen LogP contribution < -0.4 is 5.32 Å². The normalized spacial score (nSPS) is 10.1. The fourth-order valence-corrected chi connectivity index (χ4v) is 1.82. The zero-order valence-electron chi connectivity index (χ0n) is 12.4. The maximum absolute atomic E-state index is 12.0. The van der Waals surface area contributed by atoms with Crippen LogP contribution in [0.1, 0.15) is 29.3 Å². The standard InChI is InChI=1S/C16H21ClN2O2/c1-3-19(2)10-9-18-16(21)14-8-7-13(15(17)12-14)6-4-5-11-20/h7-8,12,20H,3,5,9-11H2,1-2H3,(H,18,21). The number of halogens is 1. The summed E-state index contributed by atoms with van der Waals surface area (Å²) in [6.07, 6.45) is 0.406. The van der Waals surface area contributed by atoms with E-state index in [1.807, 2.05) is 7.05 Å². The van der Waals surface area contributed by atoms with Crippen LogP contribution in [-0.4, -0.2) is 49.2 Å². The van der Waals surface area contributed by atoms with Crippen molar-refractivity contribution in [2.45, 2.75) is 13.3 Å². The highest BCUT2D eigenvalue weighted by Crippen LogP contribution is 2.17. The Balaban J connectivity index is 2.62. The minimum absolute atomic E-state index is 0.0251. The van der Waals surface area contributed by atoms with Gasteiger partial charge in [-0.1, -0.05) is 30.4 Å². The molecular weight excluding hydrogens is 288 g/mol. The molecule has 21 heavy (non-hydrogen) atoms. The monoisotopic (exact) mass is 308 g/mol. The summed E-state index contributed by atoms with van der Waals surface area (Å²) in [5.74, 6) is 5.53. The van der Waals surface area contributed by atoms with E-state index in [1.54, 1.807) is 18.2 Å². The maximum Gasteiger partial charge on any atom is 0.251 e. The van der Waals surface area contributed by atoms with E-state index in [0.29, 0.717) is 29.1 Å². The van der Waals surface area contributed by atoms with E-state index in [9.17, 15) is 4.79 Å². The summed E-state index contributed by atoms with van der Waals surface area (Å²) in [5.41, 5.74) is 1.18. The number of nitrogens with one attached hydrogen (secondary N) is 1. The molecule has 0 aliphatic rings. The van der Waals surface area contributed by atoms with Gasteiger partial charge in [0.15, 0.2) is 0 Å². The average molecular weight is 309 g/mol. The molecule has 0 heterocycles. The van der Waals surface area contributed by atoms with E-state index in [-0.39, 0.29) is 12.5 Å². The number of carbonyl (C=O) groups excluding carboxylic acids is 1. The zero-order chi connectivity index (χ0) is 15.7. The van der Waals surface area contributed by atoms with E-state index in [1.165, 1.54) is 0 Å². The van der Waals surface area contributed by atoms with Crippen LogP contribution in [0.4, 0.5) is 0 Å². The van der Waals surface area contributed by atoms with Crippen molar-refractivity contribution in [3.05, 3.63) is 34.3 Å². The number of aliphatic hydroxyl groups excluding tert-OH is 1. The van der Waals surface area contributed by atoms with Crippen molar-refractivity contribution in [1.29, 1.82) is 0 Å². The smallest absolute Gasteiger partial charge is 0.251 e. The van der Waals surface area contributed by atoms with E-state index in [0.717, 1.165) is 13.1 Å². The number of carbonyl (C=O) groups is 1. The Hall–Kier alpha value is -1.54. The van der Waals surface area contributed by atoms with Gasteiger partial charge in [-0.05, 0) is 31.8 Å². The lowest BCUT2D eigenvalue weighted by Crippen LogP contribution is -2.32. The molecule has 0 unspecified atom stereocenters. The minimum Gasteiger partial charge on any atom is -0.395 e. The van der Waals surface area contributed by atoms with Crippen LogP contribution in [-0.2, 0) is 0 Å². The van der Waals surface area contributed by atoms with Gasteiger partial charge in [0.05, 0.1) is 11.6 Å². The summed E-state index contributed by atoms with van der Waals surface area (Å²) in [5, 5.41) is 12.0.